The number of esters is 2. The summed E-state index contributed by atoms with van der Waals surface area (Å²) in [5, 5.41) is 7.74. The molecule has 5 nitrogen and oxygen atoms in total. The van der Waals surface area contributed by atoms with E-state index >= 15 is 0 Å². The monoisotopic (exact) mass is 294 g/mol. The average Bonchev–Trinajstić information content (AvgIpc) is 3.13. The van der Waals surface area contributed by atoms with Crippen LogP contribution >= 0.6 is 0 Å². The van der Waals surface area contributed by atoms with E-state index in [1.807, 2.05) is 5.92 Å². The third-order valence-electron chi connectivity index (χ3n) is 3.81. The first-order valence-electron chi connectivity index (χ1n) is 7.45. The summed E-state index contributed by atoms with van der Waals surface area (Å²) in [5.41, 5.74) is 0. The van der Waals surface area contributed by atoms with Gasteiger partial charge in [-0.3, -0.25) is 9.59 Å². The van der Waals surface area contributed by atoms with Crippen LogP contribution in [0.15, 0.2) is 0 Å². The van der Waals surface area contributed by atoms with Gasteiger partial charge in [0.1, 0.15) is 0 Å². The summed E-state index contributed by atoms with van der Waals surface area (Å²) in [6.07, 6.45) is 7.98. The van der Waals surface area contributed by atoms with E-state index in [4.69, 9.17) is 9.84 Å². The minimum absolute atomic E-state index is 0.00430. The van der Waals surface area contributed by atoms with Crippen molar-refractivity contribution in [3.05, 3.63) is 0 Å². The van der Waals surface area contributed by atoms with Gasteiger partial charge < -0.3 is 9.84 Å². The Morgan fingerprint density at radius 1 is 0.905 bits per heavy atom. The van der Waals surface area contributed by atoms with Crippen molar-refractivity contribution in [3.8, 4) is 11.8 Å². The van der Waals surface area contributed by atoms with Gasteiger partial charge in [-0.1, -0.05) is 31.6 Å². The first-order chi connectivity index (χ1) is 10.0. The van der Waals surface area contributed by atoms with E-state index in [0.29, 0.717) is 0 Å². The highest BCUT2D eigenvalue weighted by atomic mass is 16.6. The topological polar surface area (TPSA) is 80.7 Å². The van der Waals surface area contributed by atoms with Gasteiger partial charge in [-0.25, -0.2) is 4.79 Å². The molecule has 2 saturated carbocycles. The number of carbonyl (C=O) groups excluding carboxylic acids is 2. The molecule has 0 aromatic rings. The Kier molecular flexibility index (Phi) is 7.52. The molecule has 1 N–H and O–H groups in total. The Labute approximate surface area is 125 Å². The quantitative estimate of drug-likeness (QED) is 0.481. The predicted molar refractivity (Wildman–Crippen MR) is 76.1 cm³/mol. The minimum atomic E-state index is -1.07. The van der Waals surface area contributed by atoms with Crippen LogP contribution in [0.5, 0.6) is 0 Å². The smallest absolute Gasteiger partial charge is 0.381 e. The van der Waals surface area contributed by atoms with Crippen molar-refractivity contribution in [1.29, 1.82) is 0 Å². The van der Waals surface area contributed by atoms with E-state index in [1.165, 1.54) is 6.92 Å². The number of carboxylic acid groups (broad SMARTS) is 1. The maximum absolute atomic E-state index is 11.6. The van der Waals surface area contributed by atoms with Gasteiger partial charge in [0.2, 0.25) is 0 Å². The second-order valence-electron chi connectivity index (χ2n) is 5.38. The van der Waals surface area contributed by atoms with E-state index in [9.17, 15) is 14.4 Å². The Balaban J connectivity index is 0.000000315. The molecule has 0 aliphatic heterocycles. The van der Waals surface area contributed by atoms with Crippen LogP contribution in [-0.4, -0.2) is 23.0 Å². The van der Waals surface area contributed by atoms with Crippen LogP contribution in [0.25, 0.3) is 0 Å². The summed E-state index contributed by atoms with van der Waals surface area (Å²) in [7, 11) is 0. The minimum Gasteiger partial charge on any atom is -0.472 e. The fourth-order valence-corrected chi connectivity index (χ4v) is 2.70. The second-order valence-corrected chi connectivity index (χ2v) is 5.38. The highest BCUT2D eigenvalue weighted by Crippen LogP contribution is 2.29. The Bertz CT molecular complexity index is 405. The lowest BCUT2D eigenvalue weighted by atomic mass is 10.1. The zero-order chi connectivity index (χ0) is 15.7. The van der Waals surface area contributed by atoms with E-state index in [1.54, 1.807) is 0 Å². The molecule has 0 bridgehead atoms. The van der Waals surface area contributed by atoms with Gasteiger partial charge in [0.15, 0.2) is 0 Å². The third-order valence-corrected chi connectivity index (χ3v) is 3.81. The highest BCUT2D eigenvalue weighted by Gasteiger charge is 2.30. The van der Waals surface area contributed by atoms with E-state index in [2.05, 4.69) is 5.92 Å². The lowest BCUT2D eigenvalue weighted by Gasteiger charge is -2.11. The summed E-state index contributed by atoms with van der Waals surface area (Å²) in [4.78, 5) is 32.6. The molecule has 2 aliphatic carbocycles. The Morgan fingerprint density at radius 3 is 1.52 bits per heavy atom. The van der Waals surface area contributed by atoms with Crippen molar-refractivity contribution >= 4 is 17.9 Å². The van der Waals surface area contributed by atoms with Crippen LogP contribution in [0.4, 0.5) is 0 Å². The molecule has 0 spiro atoms. The molecule has 2 fully saturated rings. The van der Waals surface area contributed by atoms with Gasteiger partial charge in [0.25, 0.3) is 0 Å². The van der Waals surface area contributed by atoms with Gasteiger partial charge in [0, 0.05) is 5.92 Å². The average molecular weight is 294 g/mol. The summed E-state index contributed by atoms with van der Waals surface area (Å²) in [5.74, 6) is 2.46. The van der Waals surface area contributed by atoms with Gasteiger partial charge in [0.05, 0.1) is 11.8 Å². The molecule has 0 amide bonds. The first-order valence-corrected chi connectivity index (χ1v) is 7.45. The molecule has 116 valence electrons. The van der Waals surface area contributed by atoms with Gasteiger partial charge in [-0.2, -0.15) is 0 Å². The summed E-state index contributed by atoms with van der Waals surface area (Å²) < 4.78 is 4.94. The number of ether oxygens (including phenoxy) is 1. The highest BCUT2D eigenvalue weighted by molar-refractivity contribution is 5.88. The summed E-state index contributed by atoms with van der Waals surface area (Å²) in [6.45, 7) is 1.48. The summed E-state index contributed by atoms with van der Waals surface area (Å²) in [6, 6.07) is 0. The first kappa shape index (κ1) is 17.2. The number of carboxylic acids is 1. The molecular weight excluding hydrogens is 272 g/mol. The third kappa shape index (κ3) is 6.44. The second kappa shape index (κ2) is 9.17. The van der Waals surface area contributed by atoms with Crippen LogP contribution in [0.3, 0.4) is 0 Å². The van der Waals surface area contributed by atoms with Crippen molar-refractivity contribution in [1.82, 2.24) is 0 Å². The lowest BCUT2D eigenvalue weighted by molar-refractivity contribution is -0.165. The fourth-order valence-electron chi connectivity index (χ4n) is 2.70. The zero-order valence-electron chi connectivity index (χ0n) is 12.4. The maximum Gasteiger partial charge on any atom is 0.381 e. The molecule has 2 rings (SSSR count). The molecule has 2 aliphatic rings. The van der Waals surface area contributed by atoms with E-state index in [0.717, 1.165) is 51.4 Å². The molecule has 5 heteroatoms. The van der Waals surface area contributed by atoms with Crippen molar-refractivity contribution in [2.45, 2.75) is 58.3 Å². The van der Waals surface area contributed by atoms with Gasteiger partial charge in [-0.05, 0) is 32.6 Å². The van der Waals surface area contributed by atoms with E-state index in [-0.39, 0.29) is 23.8 Å². The maximum atomic E-state index is 11.6. The number of hydrogen-bond acceptors (Lipinski definition) is 4. The molecule has 0 radical (unpaired) electrons. The standard InChI is InChI=1S/C12H18O3.C4H4O2/c13-11(9-5-1-2-6-9)15-12(14)10-7-3-4-8-10;1-2-3-4(5)6/h9-10H,1-8H2;1H3,(H,5,6). The molecule has 0 aromatic carbocycles. The lowest BCUT2D eigenvalue weighted by Crippen LogP contribution is -2.23. The number of hydrogen-bond donors (Lipinski definition) is 1. The van der Waals surface area contributed by atoms with Crippen molar-refractivity contribution in [2.75, 3.05) is 0 Å². The van der Waals surface area contributed by atoms with Crippen LogP contribution in [-0.2, 0) is 19.1 Å². The number of rotatable bonds is 2. The molecule has 0 aromatic heterocycles. The van der Waals surface area contributed by atoms with Gasteiger partial charge in [-0.15, -0.1) is 0 Å². The van der Waals surface area contributed by atoms with Crippen molar-refractivity contribution < 1.29 is 24.2 Å². The van der Waals surface area contributed by atoms with Gasteiger partial charge >= 0.3 is 17.9 Å². The predicted octanol–water partition coefficient (Wildman–Crippen LogP) is 2.53. The Morgan fingerprint density at radius 2 is 1.29 bits per heavy atom. The van der Waals surface area contributed by atoms with Crippen LogP contribution in [0.2, 0.25) is 0 Å². The zero-order valence-corrected chi connectivity index (χ0v) is 12.4. The van der Waals surface area contributed by atoms with E-state index < -0.39 is 5.97 Å². The molecule has 0 heterocycles. The van der Waals surface area contributed by atoms with Crippen molar-refractivity contribution in [2.24, 2.45) is 11.8 Å². The largest absolute Gasteiger partial charge is 0.472 e. The summed E-state index contributed by atoms with van der Waals surface area (Å²) >= 11 is 0. The normalized spacial score (nSPS) is 18.1. The van der Waals surface area contributed by atoms with Crippen molar-refractivity contribution in [3.63, 3.8) is 0 Å². The fraction of sp³-hybridized carbons (Fsp3) is 0.688. The molecular formula is C16H22O5. The Hall–Kier alpha value is -1.83. The van der Waals surface area contributed by atoms with Crippen LogP contribution in [0.1, 0.15) is 58.3 Å². The SMILES string of the molecule is CC#CC(=O)O.O=C(OC(=O)C1CCCC1)C1CCCC1. The molecule has 0 saturated heterocycles. The van der Waals surface area contributed by atoms with Crippen LogP contribution < -0.4 is 0 Å². The molecule has 21 heavy (non-hydrogen) atoms. The van der Waals surface area contributed by atoms with Crippen LogP contribution in [0, 0.1) is 23.7 Å². The number of aliphatic carboxylic acids is 1. The number of carbonyl (C=O) groups is 3. The molecule has 0 unspecified atom stereocenters. The molecule has 0 atom stereocenters.